The van der Waals surface area contributed by atoms with E-state index in [-0.39, 0.29) is 11.7 Å². The van der Waals surface area contributed by atoms with E-state index < -0.39 is 0 Å². The smallest absolute Gasteiger partial charge is 0.269 e. The Labute approximate surface area is 120 Å². The Morgan fingerprint density at radius 2 is 2.25 bits per heavy atom. The standard InChI is InChI=1S/C13H15N5OS/c1-7-2-3-9(6-15-7)16-12(19)10-11(14)18-13(20-10)17-8-4-5-8/h2-3,6,8H,4-5,14H2,1H3,(H,16,19)(H,17,18). The minimum Gasteiger partial charge on any atom is -0.382 e. The summed E-state index contributed by atoms with van der Waals surface area (Å²) in [6.07, 6.45) is 3.92. The van der Waals surface area contributed by atoms with Crippen molar-refractivity contribution in [2.45, 2.75) is 25.8 Å². The fourth-order valence-corrected chi connectivity index (χ4v) is 2.55. The maximum Gasteiger partial charge on any atom is 0.269 e. The van der Waals surface area contributed by atoms with Crippen LogP contribution in [0.3, 0.4) is 0 Å². The Kier molecular flexibility index (Phi) is 3.27. The van der Waals surface area contributed by atoms with E-state index in [1.807, 2.05) is 13.0 Å². The first-order chi connectivity index (χ1) is 9.61. The molecule has 3 rings (SSSR count). The van der Waals surface area contributed by atoms with Crippen LogP contribution in [-0.4, -0.2) is 21.9 Å². The average molecular weight is 289 g/mol. The lowest BCUT2D eigenvalue weighted by molar-refractivity contribution is 0.103. The van der Waals surface area contributed by atoms with Gasteiger partial charge >= 0.3 is 0 Å². The lowest BCUT2D eigenvalue weighted by Crippen LogP contribution is -2.12. The maximum atomic E-state index is 12.2. The van der Waals surface area contributed by atoms with Crippen molar-refractivity contribution in [2.75, 3.05) is 16.4 Å². The Morgan fingerprint density at radius 1 is 1.45 bits per heavy atom. The van der Waals surface area contributed by atoms with Crippen molar-refractivity contribution in [2.24, 2.45) is 0 Å². The largest absolute Gasteiger partial charge is 0.382 e. The summed E-state index contributed by atoms with van der Waals surface area (Å²) in [6.45, 7) is 1.89. The minimum atomic E-state index is -0.255. The molecule has 6 nitrogen and oxygen atoms in total. The van der Waals surface area contributed by atoms with Crippen LogP contribution in [0.4, 0.5) is 16.6 Å². The number of hydrogen-bond acceptors (Lipinski definition) is 6. The number of pyridine rings is 1. The van der Waals surface area contributed by atoms with Gasteiger partial charge in [0.15, 0.2) is 5.13 Å². The summed E-state index contributed by atoms with van der Waals surface area (Å²) in [7, 11) is 0. The van der Waals surface area contributed by atoms with E-state index in [0.29, 0.717) is 21.7 Å². The van der Waals surface area contributed by atoms with E-state index in [0.717, 1.165) is 18.5 Å². The maximum absolute atomic E-state index is 12.2. The molecule has 104 valence electrons. The molecule has 0 unspecified atom stereocenters. The van der Waals surface area contributed by atoms with Crippen molar-refractivity contribution in [1.29, 1.82) is 0 Å². The lowest BCUT2D eigenvalue weighted by atomic mass is 10.3. The van der Waals surface area contributed by atoms with Crippen molar-refractivity contribution in [3.8, 4) is 0 Å². The molecule has 0 spiro atoms. The number of nitrogens with two attached hydrogens (primary N) is 1. The third kappa shape index (κ3) is 2.88. The fourth-order valence-electron chi connectivity index (χ4n) is 1.69. The van der Waals surface area contributed by atoms with Gasteiger partial charge in [-0.05, 0) is 31.9 Å². The van der Waals surface area contributed by atoms with Crippen LogP contribution >= 0.6 is 11.3 Å². The first kappa shape index (κ1) is 12.9. The number of carbonyl (C=O) groups is 1. The molecule has 1 fully saturated rings. The number of thiazole rings is 1. The summed E-state index contributed by atoms with van der Waals surface area (Å²) >= 11 is 1.28. The highest BCUT2D eigenvalue weighted by atomic mass is 32.1. The number of amides is 1. The predicted molar refractivity (Wildman–Crippen MR) is 80.1 cm³/mol. The van der Waals surface area contributed by atoms with E-state index in [1.165, 1.54) is 11.3 Å². The molecule has 4 N–H and O–H groups in total. The number of anilines is 3. The van der Waals surface area contributed by atoms with Crippen LogP contribution in [-0.2, 0) is 0 Å². The Morgan fingerprint density at radius 3 is 2.90 bits per heavy atom. The van der Waals surface area contributed by atoms with Crippen molar-refractivity contribution in [1.82, 2.24) is 9.97 Å². The first-order valence-corrected chi connectivity index (χ1v) is 7.20. The number of aryl methyl sites for hydroxylation is 1. The van der Waals surface area contributed by atoms with Crippen molar-refractivity contribution in [3.05, 3.63) is 28.9 Å². The molecule has 7 heteroatoms. The number of hydrogen-bond donors (Lipinski definition) is 3. The summed E-state index contributed by atoms with van der Waals surface area (Å²) in [5.74, 6) is 0.00483. The van der Waals surface area contributed by atoms with Gasteiger partial charge in [-0.2, -0.15) is 0 Å². The quantitative estimate of drug-likeness (QED) is 0.802. The van der Waals surface area contributed by atoms with Gasteiger partial charge in [-0.3, -0.25) is 9.78 Å². The summed E-state index contributed by atoms with van der Waals surface area (Å²) in [5, 5.41) is 6.71. The zero-order chi connectivity index (χ0) is 14.1. The molecule has 0 saturated heterocycles. The zero-order valence-corrected chi connectivity index (χ0v) is 11.8. The molecule has 0 aliphatic heterocycles. The van der Waals surface area contributed by atoms with Crippen LogP contribution in [0.25, 0.3) is 0 Å². The van der Waals surface area contributed by atoms with Crippen LogP contribution in [0, 0.1) is 6.92 Å². The molecular formula is C13H15N5OS. The van der Waals surface area contributed by atoms with E-state index in [4.69, 9.17) is 5.73 Å². The molecule has 1 aliphatic rings. The van der Waals surface area contributed by atoms with Gasteiger partial charge in [0.1, 0.15) is 10.7 Å². The predicted octanol–water partition coefficient (Wildman–Crippen LogP) is 2.26. The third-order valence-electron chi connectivity index (χ3n) is 2.93. The van der Waals surface area contributed by atoms with Gasteiger partial charge in [0.2, 0.25) is 0 Å². The second kappa shape index (κ2) is 5.09. The molecule has 2 aromatic rings. The topological polar surface area (TPSA) is 92.9 Å². The second-order valence-corrected chi connectivity index (χ2v) is 5.79. The van der Waals surface area contributed by atoms with Gasteiger partial charge in [0, 0.05) is 11.7 Å². The van der Waals surface area contributed by atoms with Gasteiger partial charge < -0.3 is 16.4 Å². The SMILES string of the molecule is Cc1ccc(NC(=O)c2sc(NC3CC3)nc2N)cn1. The Hall–Kier alpha value is -2.15. The van der Waals surface area contributed by atoms with Gasteiger partial charge in [-0.25, -0.2) is 4.98 Å². The molecule has 0 bridgehead atoms. The van der Waals surface area contributed by atoms with E-state index in [2.05, 4.69) is 20.6 Å². The molecule has 0 radical (unpaired) electrons. The van der Waals surface area contributed by atoms with E-state index in [1.54, 1.807) is 12.3 Å². The van der Waals surface area contributed by atoms with E-state index >= 15 is 0 Å². The number of rotatable bonds is 4. The van der Waals surface area contributed by atoms with Crippen molar-refractivity contribution < 1.29 is 4.79 Å². The van der Waals surface area contributed by atoms with Crippen LogP contribution in [0.5, 0.6) is 0 Å². The van der Waals surface area contributed by atoms with Crippen LogP contribution < -0.4 is 16.4 Å². The highest BCUT2D eigenvalue weighted by Gasteiger charge is 2.24. The first-order valence-electron chi connectivity index (χ1n) is 6.38. The summed E-state index contributed by atoms with van der Waals surface area (Å²) in [4.78, 5) is 20.9. The lowest BCUT2D eigenvalue weighted by Gasteiger charge is -2.03. The molecular weight excluding hydrogens is 274 g/mol. The Balaban J connectivity index is 1.72. The molecule has 1 aliphatic carbocycles. The highest BCUT2D eigenvalue weighted by Crippen LogP contribution is 2.30. The fraction of sp³-hybridized carbons (Fsp3) is 0.308. The van der Waals surface area contributed by atoms with Gasteiger partial charge in [0.25, 0.3) is 5.91 Å². The van der Waals surface area contributed by atoms with Gasteiger partial charge in [-0.1, -0.05) is 11.3 Å². The number of nitrogens with one attached hydrogen (secondary N) is 2. The summed E-state index contributed by atoms with van der Waals surface area (Å²) in [6, 6.07) is 4.13. The minimum absolute atomic E-state index is 0.255. The normalized spacial score (nSPS) is 14.1. The van der Waals surface area contributed by atoms with Crippen LogP contribution in [0.15, 0.2) is 18.3 Å². The number of nitrogen functional groups attached to an aromatic ring is 1. The zero-order valence-electron chi connectivity index (χ0n) is 11.0. The third-order valence-corrected chi connectivity index (χ3v) is 3.93. The molecule has 1 saturated carbocycles. The van der Waals surface area contributed by atoms with Crippen LogP contribution in [0.1, 0.15) is 28.2 Å². The molecule has 0 aromatic carbocycles. The average Bonchev–Trinajstić information content (AvgIpc) is 3.14. The second-order valence-electron chi connectivity index (χ2n) is 4.79. The molecule has 20 heavy (non-hydrogen) atoms. The van der Waals surface area contributed by atoms with Gasteiger partial charge in [0.05, 0.1) is 11.9 Å². The van der Waals surface area contributed by atoms with E-state index in [9.17, 15) is 4.79 Å². The number of nitrogens with zero attached hydrogens (tertiary/aromatic N) is 2. The molecule has 2 heterocycles. The number of aromatic nitrogens is 2. The Bertz CT molecular complexity index is 633. The monoisotopic (exact) mass is 289 g/mol. The van der Waals surface area contributed by atoms with Crippen molar-refractivity contribution >= 4 is 33.9 Å². The van der Waals surface area contributed by atoms with Crippen molar-refractivity contribution in [3.63, 3.8) is 0 Å². The highest BCUT2D eigenvalue weighted by molar-refractivity contribution is 7.18. The van der Waals surface area contributed by atoms with Gasteiger partial charge in [-0.15, -0.1) is 0 Å². The summed E-state index contributed by atoms with van der Waals surface area (Å²) < 4.78 is 0. The summed E-state index contributed by atoms with van der Waals surface area (Å²) in [5.41, 5.74) is 7.34. The number of carbonyl (C=O) groups excluding carboxylic acids is 1. The molecule has 2 aromatic heterocycles. The van der Waals surface area contributed by atoms with Crippen LogP contribution in [0.2, 0.25) is 0 Å². The molecule has 1 amide bonds. The molecule has 0 atom stereocenters.